The van der Waals surface area contributed by atoms with Crippen LogP contribution < -0.4 is 10.1 Å². The molecule has 9 nitrogen and oxygen atoms in total. The lowest BCUT2D eigenvalue weighted by Gasteiger charge is -2.28. The van der Waals surface area contributed by atoms with Crippen molar-refractivity contribution in [3.05, 3.63) is 59.4 Å². The monoisotopic (exact) mass is 509 g/mol. The number of pyridine rings is 1. The van der Waals surface area contributed by atoms with Crippen LogP contribution in [-0.4, -0.2) is 63.7 Å². The number of imidazole rings is 1. The second-order valence-corrected chi connectivity index (χ2v) is 9.48. The zero-order chi connectivity index (χ0) is 25.2. The molecule has 2 amide bonds. The third-order valence-electron chi connectivity index (χ3n) is 6.54. The van der Waals surface area contributed by atoms with Crippen LogP contribution in [0.1, 0.15) is 41.4 Å². The number of nitrogens with zero attached hydrogens (tertiary/aromatic N) is 4. The van der Waals surface area contributed by atoms with Gasteiger partial charge in [0.15, 0.2) is 0 Å². The number of aromatic nitrogens is 3. The van der Waals surface area contributed by atoms with Crippen molar-refractivity contribution in [1.82, 2.24) is 19.4 Å². The molecule has 188 valence electrons. The van der Waals surface area contributed by atoms with Crippen molar-refractivity contribution >= 4 is 40.4 Å². The van der Waals surface area contributed by atoms with E-state index < -0.39 is 0 Å². The quantitative estimate of drug-likeness (QED) is 0.501. The molecule has 2 aliphatic rings. The number of carbonyl (C=O) groups is 2. The van der Waals surface area contributed by atoms with Gasteiger partial charge in [0.2, 0.25) is 11.9 Å². The van der Waals surface area contributed by atoms with Gasteiger partial charge in [-0.25, -0.2) is 4.98 Å². The molecule has 3 aromatic rings. The molecule has 2 aliphatic heterocycles. The molecule has 5 rings (SSSR count). The van der Waals surface area contributed by atoms with E-state index in [1.165, 1.54) is 6.08 Å². The Hall–Kier alpha value is -3.43. The minimum atomic E-state index is -0.302. The Labute approximate surface area is 214 Å². The van der Waals surface area contributed by atoms with Crippen molar-refractivity contribution in [2.75, 3.05) is 31.6 Å². The number of carbonyl (C=O) groups excluding carboxylic acids is 2. The Morgan fingerprint density at radius 2 is 2.11 bits per heavy atom. The summed E-state index contributed by atoms with van der Waals surface area (Å²) in [6.07, 6.45) is 5.47. The standard InChI is InChI=1S/C26H28ClN5O4/c1-3-22(33)31-11-5-4-6-18(13-31)32-24-20(7-8-21(23(24)27)36-19-14-35-15-19)29-26(32)30-25(34)17-9-10-28-16(2)12-17/h3,7-10,12,18-19H,1,4-6,11,13-15H2,2H3,(H,29,30,34)/t18-/m1/s1. The molecule has 4 heterocycles. The van der Waals surface area contributed by atoms with Crippen LogP contribution in [0.3, 0.4) is 0 Å². The number of anilines is 1. The topological polar surface area (TPSA) is 98.6 Å². The van der Waals surface area contributed by atoms with Crippen molar-refractivity contribution in [1.29, 1.82) is 0 Å². The number of amides is 2. The molecule has 1 aromatic carbocycles. The minimum absolute atomic E-state index is 0.0518. The Bertz CT molecular complexity index is 1320. The number of fused-ring (bicyclic) bond motifs is 1. The van der Waals surface area contributed by atoms with Crippen LogP contribution in [0.5, 0.6) is 5.75 Å². The van der Waals surface area contributed by atoms with Crippen molar-refractivity contribution in [3.63, 3.8) is 0 Å². The van der Waals surface area contributed by atoms with E-state index in [-0.39, 0.29) is 24.0 Å². The fourth-order valence-electron chi connectivity index (χ4n) is 4.65. The minimum Gasteiger partial charge on any atom is -0.484 e. The van der Waals surface area contributed by atoms with Gasteiger partial charge in [-0.05, 0) is 56.5 Å². The Morgan fingerprint density at radius 3 is 2.83 bits per heavy atom. The highest BCUT2D eigenvalue weighted by atomic mass is 35.5. The summed E-state index contributed by atoms with van der Waals surface area (Å²) in [6.45, 7) is 7.61. The van der Waals surface area contributed by atoms with Gasteiger partial charge in [-0.1, -0.05) is 18.2 Å². The first-order valence-corrected chi connectivity index (χ1v) is 12.4. The summed E-state index contributed by atoms with van der Waals surface area (Å²) in [5.74, 6) is 0.482. The maximum atomic E-state index is 13.2. The summed E-state index contributed by atoms with van der Waals surface area (Å²) < 4.78 is 13.2. The van der Waals surface area contributed by atoms with Crippen LogP contribution in [0.25, 0.3) is 11.0 Å². The number of hydrogen-bond donors (Lipinski definition) is 1. The van der Waals surface area contributed by atoms with Crippen molar-refractivity contribution < 1.29 is 19.1 Å². The lowest BCUT2D eigenvalue weighted by atomic mass is 10.1. The molecule has 1 N–H and O–H groups in total. The van der Waals surface area contributed by atoms with Gasteiger partial charge >= 0.3 is 0 Å². The summed E-state index contributed by atoms with van der Waals surface area (Å²) in [4.78, 5) is 36.4. The van der Waals surface area contributed by atoms with Crippen molar-refractivity contribution in [2.24, 2.45) is 0 Å². The Morgan fingerprint density at radius 1 is 1.28 bits per heavy atom. The van der Waals surface area contributed by atoms with Gasteiger partial charge in [-0.3, -0.25) is 19.9 Å². The zero-order valence-electron chi connectivity index (χ0n) is 20.1. The predicted octanol–water partition coefficient (Wildman–Crippen LogP) is 4.16. The van der Waals surface area contributed by atoms with E-state index in [2.05, 4.69) is 16.9 Å². The van der Waals surface area contributed by atoms with Gasteiger partial charge in [0.1, 0.15) is 16.9 Å². The van der Waals surface area contributed by atoms with E-state index in [1.54, 1.807) is 29.3 Å². The van der Waals surface area contributed by atoms with Crippen molar-refractivity contribution in [3.8, 4) is 5.75 Å². The largest absolute Gasteiger partial charge is 0.484 e. The molecule has 0 bridgehead atoms. The molecule has 0 radical (unpaired) electrons. The highest BCUT2D eigenvalue weighted by molar-refractivity contribution is 6.36. The SMILES string of the molecule is C=CC(=O)N1CCCC[C@@H](n2c(NC(=O)c3ccnc(C)c3)nc3ccc(OC4COC4)c(Cl)c32)C1. The number of likely N-dealkylation sites (tertiary alicyclic amines) is 1. The van der Waals surface area contributed by atoms with Crippen LogP contribution in [0, 0.1) is 6.92 Å². The van der Waals surface area contributed by atoms with Gasteiger partial charge < -0.3 is 18.9 Å². The van der Waals surface area contributed by atoms with Gasteiger partial charge in [-0.2, -0.15) is 0 Å². The molecule has 10 heteroatoms. The van der Waals surface area contributed by atoms with Crippen LogP contribution in [0.4, 0.5) is 5.95 Å². The summed E-state index contributed by atoms with van der Waals surface area (Å²) in [7, 11) is 0. The molecule has 0 aliphatic carbocycles. The van der Waals surface area contributed by atoms with Crippen LogP contribution in [0.2, 0.25) is 5.02 Å². The normalized spacial score (nSPS) is 18.4. The van der Waals surface area contributed by atoms with Gasteiger partial charge in [0, 0.05) is 30.5 Å². The van der Waals surface area contributed by atoms with E-state index >= 15 is 0 Å². The second kappa shape index (κ2) is 10.3. The molecule has 2 saturated heterocycles. The average molecular weight is 510 g/mol. The van der Waals surface area contributed by atoms with Gasteiger partial charge in [-0.15, -0.1) is 0 Å². The third-order valence-corrected chi connectivity index (χ3v) is 6.90. The molecular formula is C26H28ClN5O4. The van der Waals surface area contributed by atoms with E-state index in [9.17, 15) is 9.59 Å². The third kappa shape index (κ3) is 4.81. The smallest absolute Gasteiger partial charge is 0.258 e. The first kappa shape index (κ1) is 24.3. The maximum Gasteiger partial charge on any atom is 0.258 e. The first-order chi connectivity index (χ1) is 17.4. The molecule has 1 atom stereocenters. The summed E-state index contributed by atoms with van der Waals surface area (Å²) in [6, 6.07) is 6.85. The summed E-state index contributed by atoms with van der Waals surface area (Å²) >= 11 is 6.90. The molecule has 0 unspecified atom stereocenters. The molecule has 36 heavy (non-hydrogen) atoms. The molecule has 2 fully saturated rings. The van der Waals surface area contributed by atoms with E-state index in [0.29, 0.717) is 59.6 Å². The lowest BCUT2D eigenvalue weighted by molar-refractivity contribution is -0.126. The van der Waals surface area contributed by atoms with Crippen LogP contribution in [0.15, 0.2) is 43.1 Å². The molecule has 0 spiro atoms. The number of aryl methyl sites for hydroxylation is 1. The molecule has 0 saturated carbocycles. The molecule has 2 aromatic heterocycles. The van der Waals surface area contributed by atoms with Crippen molar-refractivity contribution in [2.45, 2.75) is 38.3 Å². The predicted molar refractivity (Wildman–Crippen MR) is 137 cm³/mol. The zero-order valence-corrected chi connectivity index (χ0v) is 20.8. The number of benzene rings is 1. The van der Waals surface area contributed by atoms with Gasteiger partial charge in [0.05, 0.1) is 30.3 Å². The Kier molecular flexibility index (Phi) is 6.93. The van der Waals surface area contributed by atoms with Crippen LogP contribution in [-0.2, 0) is 9.53 Å². The number of hydrogen-bond acceptors (Lipinski definition) is 6. The van der Waals surface area contributed by atoms with E-state index in [0.717, 1.165) is 25.0 Å². The average Bonchev–Trinajstić information content (AvgIpc) is 3.03. The lowest BCUT2D eigenvalue weighted by Crippen LogP contribution is -2.38. The summed E-state index contributed by atoms with van der Waals surface area (Å²) in [5.41, 5.74) is 2.51. The summed E-state index contributed by atoms with van der Waals surface area (Å²) in [5, 5.41) is 3.39. The fourth-order valence-corrected chi connectivity index (χ4v) is 4.94. The van der Waals surface area contributed by atoms with Crippen LogP contribution >= 0.6 is 11.6 Å². The highest BCUT2D eigenvalue weighted by Gasteiger charge is 2.29. The number of rotatable bonds is 6. The van der Waals surface area contributed by atoms with E-state index in [1.807, 2.05) is 17.6 Å². The molecular weight excluding hydrogens is 482 g/mol. The number of nitrogens with one attached hydrogen (secondary N) is 1. The Balaban J connectivity index is 1.58. The van der Waals surface area contributed by atoms with E-state index in [4.69, 9.17) is 26.1 Å². The number of halogens is 1. The van der Waals surface area contributed by atoms with Gasteiger partial charge in [0.25, 0.3) is 5.91 Å². The second-order valence-electron chi connectivity index (χ2n) is 9.11. The first-order valence-electron chi connectivity index (χ1n) is 12.0. The maximum absolute atomic E-state index is 13.2. The fraction of sp³-hybridized carbons (Fsp3) is 0.385. The number of ether oxygens (including phenoxy) is 2. The highest BCUT2D eigenvalue weighted by Crippen LogP contribution is 2.39.